The summed E-state index contributed by atoms with van der Waals surface area (Å²) in [6.45, 7) is 4.83. The standard InChI is InChI=1S/C21H19N5O4/c1-12-6-7-18(30-12)16-9-17(19-5-4-8-29-19)26(24-16)20(27)11-25-21(28)15(10-22)13(2)14(3)23-25/h4-8,17H,9,11H2,1-3H3/t17-/m1/s1. The summed E-state index contributed by atoms with van der Waals surface area (Å²) in [5.41, 5.74) is 1.01. The lowest BCUT2D eigenvalue weighted by molar-refractivity contribution is -0.134. The zero-order chi connectivity index (χ0) is 21.4. The van der Waals surface area contributed by atoms with Crippen molar-refractivity contribution in [2.24, 2.45) is 5.10 Å². The molecule has 1 amide bonds. The summed E-state index contributed by atoms with van der Waals surface area (Å²) < 4.78 is 12.2. The van der Waals surface area contributed by atoms with Gasteiger partial charge in [-0.15, -0.1) is 0 Å². The SMILES string of the molecule is Cc1ccc(C2=NN(C(=O)Cn3nc(C)c(C)c(C#N)c3=O)[C@@H](c3ccco3)C2)o1. The molecule has 0 radical (unpaired) electrons. The van der Waals surface area contributed by atoms with Crippen molar-refractivity contribution in [3.63, 3.8) is 0 Å². The first-order valence-electron chi connectivity index (χ1n) is 9.37. The number of amides is 1. The molecule has 1 aliphatic rings. The minimum atomic E-state index is -0.603. The lowest BCUT2D eigenvalue weighted by Crippen LogP contribution is -2.36. The third-order valence-electron chi connectivity index (χ3n) is 5.10. The number of carbonyl (C=O) groups excluding carboxylic acids is 1. The van der Waals surface area contributed by atoms with Gasteiger partial charge in [0.2, 0.25) is 0 Å². The summed E-state index contributed by atoms with van der Waals surface area (Å²) in [6, 6.07) is 8.56. The van der Waals surface area contributed by atoms with Gasteiger partial charge in [-0.2, -0.15) is 15.5 Å². The second-order valence-electron chi connectivity index (χ2n) is 7.09. The summed E-state index contributed by atoms with van der Waals surface area (Å²) in [6.07, 6.45) is 1.94. The fourth-order valence-corrected chi connectivity index (χ4v) is 3.39. The van der Waals surface area contributed by atoms with Gasteiger partial charge >= 0.3 is 0 Å². The van der Waals surface area contributed by atoms with Gasteiger partial charge in [-0.25, -0.2) is 9.69 Å². The van der Waals surface area contributed by atoms with Crippen LogP contribution in [0.4, 0.5) is 0 Å². The van der Waals surface area contributed by atoms with E-state index in [1.807, 2.05) is 19.1 Å². The van der Waals surface area contributed by atoms with Crippen molar-refractivity contribution in [3.05, 3.63) is 75.0 Å². The number of carbonyl (C=O) groups is 1. The Labute approximate surface area is 171 Å². The molecule has 0 saturated carbocycles. The maximum Gasteiger partial charge on any atom is 0.285 e. The van der Waals surface area contributed by atoms with E-state index in [1.165, 1.54) is 11.3 Å². The third-order valence-corrected chi connectivity index (χ3v) is 5.10. The number of hydrogen-bond donors (Lipinski definition) is 0. The number of furan rings is 2. The van der Waals surface area contributed by atoms with Crippen LogP contribution in [0.15, 0.2) is 49.3 Å². The third kappa shape index (κ3) is 3.33. The summed E-state index contributed by atoms with van der Waals surface area (Å²) in [4.78, 5) is 25.7. The van der Waals surface area contributed by atoms with Crippen LogP contribution in [0.2, 0.25) is 0 Å². The van der Waals surface area contributed by atoms with E-state index in [0.717, 1.165) is 10.4 Å². The predicted octanol–water partition coefficient (Wildman–Crippen LogP) is 2.60. The van der Waals surface area contributed by atoms with Crippen molar-refractivity contribution in [1.29, 1.82) is 5.26 Å². The molecule has 0 fully saturated rings. The van der Waals surface area contributed by atoms with Crippen molar-refractivity contribution in [3.8, 4) is 6.07 Å². The van der Waals surface area contributed by atoms with Gasteiger partial charge in [0.15, 0.2) is 0 Å². The van der Waals surface area contributed by atoms with E-state index < -0.39 is 17.5 Å². The quantitative estimate of drug-likeness (QED) is 0.658. The Balaban J connectivity index is 1.69. The van der Waals surface area contributed by atoms with Gasteiger partial charge in [0, 0.05) is 6.42 Å². The van der Waals surface area contributed by atoms with Crippen LogP contribution >= 0.6 is 0 Å². The summed E-state index contributed by atoms with van der Waals surface area (Å²) in [5.74, 6) is 1.44. The van der Waals surface area contributed by atoms with Crippen molar-refractivity contribution in [2.45, 2.75) is 39.8 Å². The minimum Gasteiger partial charge on any atom is -0.467 e. The first-order valence-corrected chi connectivity index (χ1v) is 9.37. The monoisotopic (exact) mass is 405 g/mol. The maximum atomic E-state index is 13.1. The number of nitrogens with zero attached hydrogens (tertiary/aromatic N) is 5. The molecule has 0 spiro atoms. The Bertz CT molecular complexity index is 1240. The van der Waals surface area contributed by atoms with E-state index in [1.54, 1.807) is 32.0 Å². The van der Waals surface area contributed by atoms with Crippen molar-refractivity contribution in [1.82, 2.24) is 14.8 Å². The fourth-order valence-electron chi connectivity index (χ4n) is 3.39. The molecule has 1 atom stereocenters. The molecule has 152 valence electrons. The molecule has 0 unspecified atom stereocenters. The lowest BCUT2D eigenvalue weighted by atomic mass is 10.1. The van der Waals surface area contributed by atoms with E-state index >= 15 is 0 Å². The highest BCUT2D eigenvalue weighted by Crippen LogP contribution is 2.33. The van der Waals surface area contributed by atoms with Crippen molar-refractivity contribution >= 4 is 11.6 Å². The smallest absolute Gasteiger partial charge is 0.285 e. The molecule has 0 aliphatic carbocycles. The second-order valence-corrected chi connectivity index (χ2v) is 7.09. The second kappa shape index (κ2) is 7.48. The Morgan fingerprint density at radius 3 is 2.73 bits per heavy atom. The van der Waals surface area contributed by atoms with E-state index in [0.29, 0.717) is 34.9 Å². The topological polar surface area (TPSA) is 118 Å². The van der Waals surface area contributed by atoms with Gasteiger partial charge in [-0.3, -0.25) is 9.59 Å². The number of hydrogen-bond acceptors (Lipinski definition) is 7. The Kier molecular flexibility index (Phi) is 4.83. The highest BCUT2D eigenvalue weighted by Gasteiger charge is 2.36. The first kappa shape index (κ1) is 19.4. The molecule has 4 heterocycles. The molecule has 30 heavy (non-hydrogen) atoms. The van der Waals surface area contributed by atoms with Gasteiger partial charge in [0.25, 0.3) is 11.5 Å². The van der Waals surface area contributed by atoms with Crippen LogP contribution in [-0.4, -0.2) is 26.4 Å². The van der Waals surface area contributed by atoms with E-state index in [-0.39, 0.29) is 12.1 Å². The molecule has 0 bridgehead atoms. The Morgan fingerprint density at radius 1 is 1.30 bits per heavy atom. The van der Waals surface area contributed by atoms with E-state index in [2.05, 4.69) is 10.2 Å². The molecule has 9 heteroatoms. The first-order chi connectivity index (χ1) is 14.4. The van der Waals surface area contributed by atoms with Crippen LogP contribution in [0.5, 0.6) is 0 Å². The van der Waals surface area contributed by atoms with Gasteiger partial charge in [0.1, 0.15) is 47.2 Å². The highest BCUT2D eigenvalue weighted by molar-refractivity contribution is 6.01. The predicted molar refractivity (Wildman–Crippen MR) is 106 cm³/mol. The largest absolute Gasteiger partial charge is 0.467 e. The van der Waals surface area contributed by atoms with Gasteiger partial charge in [-0.1, -0.05) is 0 Å². The van der Waals surface area contributed by atoms with Crippen LogP contribution in [0.1, 0.15) is 46.6 Å². The molecule has 1 aliphatic heterocycles. The zero-order valence-electron chi connectivity index (χ0n) is 16.7. The Hall–Kier alpha value is -3.93. The molecule has 0 saturated heterocycles. The van der Waals surface area contributed by atoms with E-state index in [9.17, 15) is 14.9 Å². The number of rotatable bonds is 4. The normalized spacial score (nSPS) is 15.9. The number of nitriles is 1. The maximum absolute atomic E-state index is 13.1. The summed E-state index contributed by atoms with van der Waals surface area (Å²) >= 11 is 0. The van der Waals surface area contributed by atoms with Crippen LogP contribution in [-0.2, 0) is 11.3 Å². The van der Waals surface area contributed by atoms with Gasteiger partial charge in [0.05, 0.1) is 12.0 Å². The molecule has 0 aromatic carbocycles. The molecular weight excluding hydrogens is 386 g/mol. The van der Waals surface area contributed by atoms with Crippen molar-refractivity contribution in [2.75, 3.05) is 0 Å². The summed E-state index contributed by atoms with van der Waals surface area (Å²) in [5, 5.41) is 19.2. The van der Waals surface area contributed by atoms with Crippen molar-refractivity contribution < 1.29 is 13.6 Å². The number of aryl methyl sites for hydroxylation is 2. The number of aromatic nitrogens is 2. The highest BCUT2D eigenvalue weighted by atomic mass is 16.3. The van der Waals surface area contributed by atoms with Crippen LogP contribution in [0.3, 0.4) is 0 Å². The Morgan fingerprint density at radius 2 is 2.10 bits per heavy atom. The molecule has 9 nitrogen and oxygen atoms in total. The van der Waals surface area contributed by atoms with Crippen LogP contribution in [0, 0.1) is 32.1 Å². The molecule has 3 aromatic heterocycles. The van der Waals surface area contributed by atoms with Gasteiger partial charge in [-0.05, 0) is 50.6 Å². The van der Waals surface area contributed by atoms with Gasteiger partial charge < -0.3 is 8.83 Å². The minimum absolute atomic E-state index is 0.0189. The molecule has 0 N–H and O–H groups in total. The molecular formula is C21H19N5O4. The molecule has 4 rings (SSSR count). The van der Waals surface area contributed by atoms with Crippen LogP contribution < -0.4 is 5.56 Å². The summed E-state index contributed by atoms with van der Waals surface area (Å²) in [7, 11) is 0. The molecule has 3 aromatic rings. The lowest BCUT2D eigenvalue weighted by Gasteiger charge is -2.20. The average Bonchev–Trinajstić information content (AvgIpc) is 3.46. The van der Waals surface area contributed by atoms with Crippen LogP contribution in [0.25, 0.3) is 0 Å². The van der Waals surface area contributed by atoms with E-state index in [4.69, 9.17) is 8.83 Å². The fraction of sp³-hybridized carbons (Fsp3) is 0.286. The number of hydrazone groups is 1. The average molecular weight is 405 g/mol. The zero-order valence-corrected chi connectivity index (χ0v) is 16.7.